The molecule has 1 saturated heterocycles. The van der Waals surface area contributed by atoms with Crippen LogP contribution in [0, 0.1) is 18.3 Å². The van der Waals surface area contributed by atoms with Gasteiger partial charge >= 0.3 is 0 Å². The summed E-state index contributed by atoms with van der Waals surface area (Å²) in [4.78, 5) is 27.9. The lowest BCUT2D eigenvalue weighted by molar-refractivity contribution is -0.132. The number of ketones is 1. The number of hydrogen-bond acceptors (Lipinski definition) is 5. The van der Waals surface area contributed by atoms with Crippen LogP contribution < -0.4 is 9.64 Å². The van der Waals surface area contributed by atoms with Gasteiger partial charge in [-0.1, -0.05) is 36.4 Å². The summed E-state index contributed by atoms with van der Waals surface area (Å²) in [5.41, 5.74) is 2.89. The summed E-state index contributed by atoms with van der Waals surface area (Å²) in [5, 5.41) is 20.5. The first-order valence-corrected chi connectivity index (χ1v) is 11.0. The van der Waals surface area contributed by atoms with Crippen molar-refractivity contribution in [2.75, 3.05) is 4.90 Å². The smallest absolute Gasteiger partial charge is 0.300 e. The second-order valence-electron chi connectivity index (χ2n) is 8.38. The van der Waals surface area contributed by atoms with E-state index in [-0.39, 0.29) is 17.4 Å². The second kappa shape index (κ2) is 9.24. The third kappa shape index (κ3) is 4.16. The van der Waals surface area contributed by atoms with Crippen LogP contribution in [0.25, 0.3) is 5.76 Å². The Morgan fingerprint density at radius 3 is 2.38 bits per heavy atom. The van der Waals surface area contributed by atoms with Gasteiger partial charge in [0, 0.05) is 11.3 Å². The molecule has 1 amide bonds. The Bertz CT molecular complexity index is 1330. The summed E-state index contributed by atoms with van der Waals surface area (Å²) in [7, 11) is 0. The summed E-state index contributed by atoms with van der Waals surface area (Å²) < 4.78 is 5.74. The fourth-order valence-electron chi connectivity index (χ4n) is 4.13. The maximum atomic E-state index is 13.3. The van der Waals surface area contributed by atoms with Crippen LogP contribution in [-0.4, -0.2) is 22.9 Å². The molecule has 0 bridgehead atoms. The summed E-state index contributed by atoms with van der Waals surface area (Å²) in [6.45, 7) is 5.69. The molecule has 0 spiro atoms. The number of nitrogens with zero attached hydrogens (tertiary/aromatic N) is 2. The molecule has 3 aromatic rings. The average Bonchev–Trinajstić information content (AvgIpc) is 3.09. The van der Waals surface area contributed by atoms with Gasteiger partial charge in [-0.05, 0) is 68.3 Å². The number of carbonyl (C=O) groups excluding carboxylic acids is 2. The second-order valence-corrected chi connectivity index (χ2v) is 8.38. The molecule has 0 aliphatic carbocycles. The van der Waals surface area contributed by atoms with Gasteiger partial charge in [0.05, 0.1) is 29.4 Å². The zero-order chi connectivity index (χ0) is 24.4. The van der Waals surface area contributed by atoms with Crippen LogP contribution in [0.15, 0.2) is 78.4 Å². The number of nitriles is 1. The number of aliphatic hydroxyl groups is 1. The highest BCUT2D eigenvalue weighted by Crippen LogP contribution is 2.43. The standard InChI is InChI=1S/C28H24N2O4/c1-17(2)34-22-9-6-8-20(15-22)26(31)24-25(23-10-5-4-7-18(23)3)30(28(33)27(24)32)21-13-11-19(16-29)12-14-21/h4-15,17,25,31H,1-3H3/b26-24+. The Morgan fingerprint density at radius 2 is 1.74 bits per heavy atom. The molecule has 1 unspecified atom stereocenters. The van der Waals surface area contributed by atoms with Gasteiger partial charge in [-0.3, -0.25) is 14.5 Å². The highest BCUT2D eigenvalue weighted by atomic mass is 16.5. The van der Waals surface area contributed by atoms with Crippen LogP contribution in [0.5, 0.6) is 5.75 Å². The minimum Gasteiger partial charge on any atom is -0.507 e. The first-order chi connectivity index (χ1) is 16.3. The molecule has 1 heterocycles. The Hall–Kier alpha value is -4.37. The van der Waals surface area contributed by atoms with Crippen molar-refractivity contribution in [2.45, 2.75) is 32.9 Å². The number of rotatable bonds is 5. The van der Waals surface area contributed by atoms with Crippen LogP contribution in [0.4, 0.5) is 5.69 Å². The highest BCUT2D eigenvalue weighted by molar-refractivity contribution is 6.51. The zero-order valence-corrected chi connectivity index (χ0v) is 19.1. The number of hydrogen-bond donors (Lipinski definition) is 1. The largest absolute Gasteiger partial charge is 0.507 e. The minimum atomic E-state index is -0.830. The molecule has 4 rings (SSSR count). The number of carbonyl (C=O) groups is 2. The van der Waals surface area contributed by atoms with Crippen LogP contribution in [-0.2, 0) is 9.59 Å². The Morgan fingerprint density at radius 1 is 1.03 bits per heavy atom. The maximum Gasteiger partial charge on any atom is 0.300 e. The normalized spacial score (nSPS) is 17.1. The van der Waals surface area contributed by atoms with Crippen molar-refractivity contribution >= 4 is 23.1 Å². The van der Waals surface area contributed by atoms with Crippen molar-refractivity contribution in [3.63, 3.8) is 0 Å². The number of Topliss-reactive ketones (excluding diaryl/α,β-unsaturated/α-hetero) is 1. The zero-order valence-electron chi connectivity index (χ0n) is 19.1. The van der Waals surface area contributed by atoms with Crippen LogP contribution in [0.2, 0.25) is 0 Å². The molecule has 6 heteroatoms. The van der Waals surface area contributed by atoms with Crippen molar-refractivity contribution in [1.29, 1.82) is 5.26 Å². The third-order valence-corrected chi connectivity index (χ3v) is 5.68. The molecule has 6 nitrogen and oxygen atoms in total. The molecule has 1 aliphatic rings. The molecule has 3 aromatic carbocycles. The Kier molecular flexibility index (Phi) is 6.20. The Balaban J connectivity index is 1.92. The average molecular weight is 453 g/mol. The van der Waals surface area contributed by atoms with E-state index in [0.29, 0.717) is 22.6 Å². The molecular weight excluding hydrogens is 428 g/mol. The number of ether oxygens (including phenoxy) is 1. The molecule has 0 aromatic heterocycles. The molecular formula is C28H24N2O4. The highest BCUT2D eigenvalue weighted by Gasteiger charge is 2.47. The van der Waals surface area contributed by atoms with Crippen molar-refractivity contribution in [3.05, 3.63) is 101 Å². The quantitative estimate of drug-likeness (QED) is 0.323. The Labute approximate surface area is 198 Å². The van der Waals surface area contributed by atoms with E-state index >= 15 is 0 Å². The van der Waals surface area contributed by atoms with Gasteiger partial charge in [0.25, 0.3) is 11.7 Å². The summed E-state index contributed by atoms with van der Waals surface area (Å²) >= 11 is 0. The third-order valence-electron chi connectivity index (χ3n) is 5.68. The molecule has 0 saturated carbocycles. The van der Waals surface area contributed by atoms with E-state index in [4.69, 9.17) is 10.00 Å². The van der Waals surface area contributed by atoms with Crippen molar-refractivity contribution in [2.24, 2.45) is 0 Å². The lowest BCUT2D eigenvalue weighted by Crippen LogP contribution is -2.29. The number of aryl methyl sites for hydroxylation is 1. The predicted octanol–water partition coefficient (Wildman–Crippen LogP) is 5.28. The topological polar surface area (TPSA) is 90.6 Å². The van der Waals surface area contributed by atoms with E-state index in [9.17, 15) is 14.7 Å². The molecule has 34 heavy (non-hydrogen) atoms. The van der Waals surface area contributed by atoms with Gasteiger partial charge in [-0.2, -0.15) is 5.26 Å². The van der Waals surface area contributed by atoms with Crippen LogP contribution in [0.3, 0.4) is 0 Å². The van der Waals surface area contributed by atoms with Gasteiger partial charge in [-0.15, -0.1) is 0 Å². The first-order valence-electron chi connectivity index (χ1n) is 11.0. The monoisotopic (exact) mass is 452 g/mol. The van der Waals surface area contributed by atoms with Gasteiger partial charge in [-0.25, -0.2) is 0 Å². The molecule has 1 aliphatic heterocycles. The summed E-state index contributed by atoms with van der Waals surface area (Å²) in [5.74, 6) is -1.23. The van der Waals surface area contributed by atoms with Crippen LogP contribution in [0.1, 0.15) is 42.1 Å². The number of benzene rings is 3. The fourth-order valence-corrected chi connectivity index (χ4v) is 4.13. The molecule has 1 fully saturated rings. The SMILES string of the molecule is Cc1ccccc1C1/C(=C(\O)c2cccc(OC(C)C)c2)C(=O)C(=O)N1c1ccc(C#N)cc1. The van der Waals surface area contributed by atoms with Crippen LogP contribution >= 0.6 is 0 Å². The number of anilines is 1. The van der Waals surface area contributed by atoms with E-state index in [1.165, 1.54) is 4.90 Å². The van der Waals surface area contributed by atoms with Gasteiger partial charge in [0.2, 0.25) is 0 Å². The van der Waals surface area contributed by atoms with E-state index < -0.39 is 17.7 Å². The molecule has 0 radical (unpaired) electrons. The summed E-state index contributed by atoms with van der Waals surface area (Å²) in [6, 6.07) is 21.9. The van der Waals surface area contributed by atoms with E-state index in [0.717, 1.165) is 11.1 Å². The van der Waals surface area contributed by atoms with E-state index in [2.05, 4.69) is 6.07 Å². The lowest BCUT2D eigenvalue weighted by atomic mass is 9.92. The molecule has 170 valence electrons. The van der Waals surface area contributed by atoms with Crippen molar-refractivity contribution < 1.29 is 19.4 Å². The molecule has 1 atom stereocenters. The number of amides is 1. The van der Waals surface area contributed by atoms with Gasteiger partial charge < -0.3 is 9.84 Å². The minimum absolute atomic E-state index is 0.00496. The van der Waals surface area contributed by atoms with Crippen molar-refractivity contribution in [1.82, 2.24) is 0 Å². The maximum absolute atomic E-state index is 13.3. The summed E-state index contributed by atoms with van der Waals surface area (Å²) in [6.07, 6.45) is -0.0636. The van der Waals surface area contributed by atoms with Gasteiger partial charge in [0.1, 0.15) is 11.5 Å². The van der Waals surface area contributed by atoms with E-state index in [1.54, 1.807) is 48.5 Å². The van der Waals surface area contributed by atoms with Crippen molar-refractivity contribution in [3.8, 4) is 11.8 Å². The number of aliphatic hydroxyl groups excluding tert-OH is 1. The molecule has 1 N–H and O–H groups in total. The first kappa shape index (κ1) is 22.8. The fraction of sp³-hybridized carbons (Fsp3) is 0.179. The van der Waals surface area contributed by atoms with Gasteiger partial charge in [0.15, 0.2) is 0 Å². The predicted molar refractivity (Wildman–Crippen MR) is 129 cm³/mol. The van der Waals surface area contributed by atoms with E-state index in [1.807, 2.05) is 45.0 Å². The lowest BCUT2D eigenvalue weighted by Gasteiger charge is -2.26.